The van der Waals surface area contributed by atoms with Crippen LogP contribution in [0.4, 0.5) is 4.39 Å². The number of ether oxygens (including phenoxy) is 2. The maximum absolute atomic E-state index is 13.4. The molecular weight excluding hydrogens is 488 g/mol. The van der Waals surface area contributed by atoms with Crippen molar-refractivity contribution < 1.29 is 19.0 Å². The summed E-state index contributed by atoms with van der Waals surface area (Å²) >= 11 is 0. The van der Waals surface area contributed by atoms with Gasteiger partial charge in [0.25, 0.3) is 0 Å². The Morgan fingerprint density at radius 3 is 2.34 bits per heavy atom. The number of benzene rings is 2. The van der Waals surface area contributed by atoms with Crippen molar-refractivity contribution in [1.82, 2.24) is 10.6 Å². The molecule has 0 radical (unpaired) electrons. The molecule has 0 spiro atoms. The van der Waals surface area contributed by atoms with Gasteiger partial charge in [-0.1, -0.05) is 12.1 Å². The largest absolute Gasteiger partial charge is 0.505 e. The highest BCUT2D eigenvalue weighted by molar-refractivity contribution is 14.0. The fourth-order valence-electron chi connectivity index (χ4n) is 2.64. The Balaban J connectivity index is 0.00000420. The van der Waals surface area contributed by atoms with Crippen molar-refractivity contribution in [3.8, 4) is 17.2 Å². The second-order valence-corrected chi connectivity index (χ2v) is 6.04. The van der Waals surface area contributed by atoms with Crippen LogP contribution in [0.25, 0.3) is 0 Å². The van der Waals surface area contributed by atoms with E-state index < -0.39 is 5.82 Å². The van der Waals surface area contributed by atoms with Crippen LogP contribution in [0.15, 0.2) is 41.4 Å². The number of phenolic OH excluding ortho intramolecular Hbond substituents is 1. The molecule has 0 saturated heterocycles. The molecule has 0 atom stereocenters. The molecule has 0 aliphatic carbocycles. The minimum absolute atomic E-state index is 0. The molecule has 0 aromatic heterocycles. The number of aromatic hydroxyl groups is 1. The van der Waals surface area contributed by atoms with E-state index in [-0.39, 0.29) is 29.7 Å². The van der Waals surface area contributed by atoms with Gasteiger partial charge in [0.1, 0.15) is 0 Å². The lowest BCUT2D eigenvalue weighted by Crippen LogP contribution is -2.37. The zero-order valence-electron chi connectivity index (χ0n) is 17.0. The molecule has 0 fully saturated rings. The first kappa shape index (κ1) is 24.8. The molecule has 0 aliphatic rings. The molecular formula is C21H29FIN3O3. The van der Waals surface area contributed by atoms with Crippen LogP contribution >= 0.6 is 24.0 Å². The lowest BCUT2D eigenvalue weighted by molar-refractivity contribution is 0.287. The van der Waals surface area contributed by atoms with E-state index in [0.717, 1.165) is 23.5 Å². The van der Waals surface area contributed by atoms with Crippen molar-refractivity contribution in [2.24, 2.45) is 4.99 Å². The molecule has 0 heterocycles. The molecule has 6 nitrogen and oxygen atoms in total. The summed E-state index contributed by atoms with van der Waals surface area (Å²) in [6.07, 6.45) is 0.779. The van der Waals surface area contributed by atoms with Gasteiger partial charge in [-0.15, -0.1) is 24.0 Å². The molecule has 2 rings (SSSR count). The van der Waals surface area contributed by atoms with Crippen LogP contribution in [0.3, 0.4) is 0 Å². The molecule has 0 aliphatic heterocycles. The molecule has 0 amide bonds. The number of nitrogens with one attached hydrogen (secondary N) is 2. The third kappa shape index (κ3) is 7.96. The van der Waals surface area contributed by atoms with Gasteiger partial charge in [-0.25, -0.2) is 4.39 Å². The first-order valence-electron chi connectivity index (χ1n) is 9.37. The molecule has 2 aromatic rings. The molecule has 0 saturated carbocycles. The molecule has 3 N–H and O–H groups in total. The van der Waals surface area contributed by atoms with E-state index in [1.165, 1.54) is 12.1 Å². The minimum atomic E-state index is -0.636. The predicted octanol–water partition coefficient (Wildman–Crippen LogP) is 3.85. The second kappa shape index (κ2) is 13.1. The summed E-state index contributed by atoms with van der Waals surface area (Å²) in [5.41, 5.74) is 1.83. The van der Waals surface area contributed by atoms with E-state index in [0.29, 0.717) is 37.8 Å². The number of rotatable bonds is 9. The third-order valence-electron chi connectivity index (χ3n) is 4.01. The quantitative estimate of drug-likeness (QED) is 0.268. The van der Waals surface area contributed by atoms with Crippen molar-refractivity contribution in [3.63, 3.8) is 0 Å². The average Bonchev–Trinajstić information content (AvgIpc) is 2.69. The summed E-state index contributed by atoms with van der Waals surface area (Å²) in [5, 5.41) is 15.6. The summed E-state index contributed by atoms with van der Waals surface area (Å²) in [7, 11) is 1.68. The summed E-state index contributed by atoms with van der Waals surface area (Å²) in [6.45, 7) is 6.12. The second-order valence-electron chi connectivity index (χ2n) is 6.04. The lowest BCUT2D eigenvalue weighted by Gasteiger charge is -2.14. The predicted molar refractivity (Wildman–Crippen MR) is 124 cm³/mol. The van der Waals surface area contributed by atoms with Crippen LogP contribution in [-0.4, -0.2) is 37.9 Å². The van der Waals surface area contributed by atoms with Crippen LogP contribution in [-0.2, 0) is 13.0 Å². The number of hydrogen-bond acceptors (Lipinski definition) is 4. The number of hydrogen-bond donors (Lipinski definition) is 3. The molecule has 160 valence electrons. The number of phenols is 1. The van der Waals surface area contributed by atoms with Crippen molar-refractivity contribution in [2.75, 3.05) is 26.8 Å². The smallest absolute Gasteiger partial charge is 0.191 e. The average molecular weight is 517 g/mol. The van der Waals surface area contributed by atoms with Crippen molar-refractivity contribution in [1.29, 1.82) is 0 Å². The summed E-state index contributed by atoms with van der Waals surface area (Å²) < 4.78 is 24.6. The van der Waals surface area contributed by atoms with Crippen molar-refractivity contribution in [3.05, 3.63) is 53.3 Å². The Labute approximate surface area is 188 Å². The van der Waals surface area contributed by atoms with Gasteiger partial charge in [0, 0.05) is 20.1 Å². The Morgan fingerprint density at radius 1 is 1.00 bits per heavy atom. The van der Waals surface area contributed by atoms with Gasteiger partial charge in [-0.2, -0.15) is 0 Å². The molecule has 2 aromatic carbocycles. The van der Waals surface area contributed by atoms with E-state index in [4.69, 9.17) is 9.47 Å². The maximum Gasteiger partial charge on any atom is 0.191 e. The lowest BCUT2D eigenvalue weighted by atomic mass is 10.1. The van der Waals surface area contributed by atoms with Crippen LogP contribution in [0.1, 0.15) is 25.0 Å². The van der Waals surface area contributed by atoms with Crippen molar-refractivity contribution >= 4 is 29.9 Å². The zero-order valence-corrected chi connectivity index (χ0v) is 19.3. The Hall–Kier alpha value is -2.23. The zero-order chi connectivity index (χ0) is 20.4. The minimum Gasteiger partial charge on any atom is -0.505 e. The Morgan fingerprint density at radius 2 is 1.69 bits per heavy atom. The van der Waals surface area contributed by atoms with E-state index in [9.17, 15) is 9.50 Å². The first-order valence-corrected chi connectivity index (χ1v) is 9.37. The standard InChI is InChI=1S/C21H28FN3O3.HI/c1-4-27-19-9-7-15(13-20(19)28-5-2)10-11-24-21(23-3)25-14-16-6-8-18(26)17(22)12-16;/h6-9,12-13,26H,4-5,10-11,14H2,1-3H3,(H2,23,24,25);1H. The van der Waals surface area contributed by atoms with E-state index in [1.54, 1.807) is 13.1 Å². The highest BCUT2D eigenvalue weighted by atomic mass is 127. The number of nitrogens with zero attached hydrogens (tertiary/aromatic N) is 1. The number of halogens is 2. The van der Waals surface area contributed by atoms with Crippen LogP contribution in [0.5, 0.6) is 17.2 Å². The van der Waals surface area contributed by atoms with Crippen LogP contribution in [0.2, 0.25) is 0 Å². The van der Waals surface area contributed by atoms with Gasteiger partial charge in [-0.05, 0) is 55.7 Å². The molecule has 8 heteroatoms. The molecule has 0 bridgehead atoms. The Kier molecular flexibility index (Phi) is 11.2. The van der Waals surface area contributed by atoms with E-state index in [1.807, 2.05) is 32.0 Å². The van der Waals surface area contributed by atoms with Gasteiger partial charge in [0.15, 0.2) is 29.0 Å². The SMILES string of the molecule is CCOc1ccc(CCNC(=NC)NCc2ccc(O)c(F)c2)cc1OCC.I. The number of aliphatic imine (C=N–C) groups is 1. The van der Waals surface area contributed by atoms with Gasteiger partial charge >= 0.3 is 0 Å². The van der Waals surface area contributed by atoms with Gasteiger partial charge in [0.2, 0.25) is 0 Å². The fraction of sp³-hybridized carbons (Fsp3) is 0.381. The van der Waals surface area contributed by atoms with Gasteiger partial charge in [-0.3, -0.25) is 4.99 Å². The fourth-order valence-corrected chi connectivity index (χ4v) is 2.64. The van der Waals surface area contributed by atoms with Crippen molar-refractivity contribution in [2.45, 2.75) is 26.8 Å². The monoisotopic (exact) mass is 517 g/mol. The third-order valence-corrected chi connectivity index (χ3v) is 4.01. The summed E-state index contributed by atoms with van der Waals surface area (Å²) in [6, 6.07) is 10.2. The summed E-state index contributed by atoms with van der Waals surface area (Å²) in [5.74, 6) is 1.12. The Bertz CT molecular complexity index is 803. The highest BCUT2D eigenvalue weighted by Crippen LogP contribution is 2.28. The summed E-state index contributed by atoms with van der Waals surface area (Å²) in [4.78, 5) is 4.17. The van der Waals surface area contributed by atoms with Gasteiger partial charge < -0.3 is 25.2 Å². The van der Waals surface area contributed by atoms with Crippen LogP contribution in [0, 0.1) is 5.82 Å². The van der Waals surface area contributed by atoms with E-state index >= 15 is 0 Å². The molecule has 0 unspecified atom stereocenters. The maximum atomic E-state index is 13.4. The number of guanidine groups is 1. The van der Waals surface area contributed by atoms with E-state index in [2.05, 4.69) is 15.6 Å². The highest BCUT2D eigenvalue weighted by Gasteiger charge is 2.07. The molecule has 29 heavy (non-hydrogen) atoms. The van der Waals surface area contributed by atoms with Gasteiger partial charge in [0.05, 0.1) is 13.2 Å². The first-order chi connectivity index (χ1) is 13.6. The topological polar surface area (TPSA) is 75.1 Å². The van der Waals surface area contributed by atoms with Crippen LogP contribution < -0.4 is 20.1 Å². The normalized spacial score (nSPS) is 10.8.